The van der Waals surface area contributed by atoms with Crippen LogP contribution in [0.4, 0.5) is 14.5 Å². The fourth-order valence-corrected chi connectivity index (χ4v) is 3.39. The lowest BCUT2D eigenvalue weighted by Crippen LogP contribution is -2.34. The fraction of sp³-hybridized carbons (Fsp3) is 0.125. The highest BCUT2D eigenvalue weighted by molar-refractivity contribution is 7.15. The van der Waals surface area contributed by atoms with E-state index < -0.39 is 18.1 Å². The van der Waals surface area contributed by atoms with E-state index in [0.717, 1.165) is 9.75 Å². The maximum atomic E-state index is 13.2. The Morgan fingerprint density at radius 3 is 2.73 bits per heavy atom. The number of rotatable bonds is 5. The van der Waals surface area contributed by atoms with Crippen LogP contribution >= 0.6 is 11.3 Å². The van der Waals surface area contributed by atoms with Gasteiger partial charge >= 0.3 is 5.97 Å². The highest BCUT2D eigenvalue weighted by Crippen LogP contribution is 2.32. The van der Waals surface area contributed by atoms with Crippen molar-refractivity contribution in [3.63, 3.8) is 0 Å². The SMILES string of the molecule is Cc1ccc(-c2cnc3c(N(N)/C(=C\N)C(F)F)cc(C(=O)O)cn23)s1. The molecule has 0 spiro atoms. The van der Waals surface area contributed by atoms with Crippen LogP contribution in [-0.2, 0) is 0 Å². The predicted molar refractivity (Wildman–Crippen MR) is 95.1 cm³/mol. The van der Waals surface area contributed by atoms with E-state index in [0.29, 0.717) is 16.9 Å². The van der Waals surface area contributed by atoms with Gasteiger partial charge in [0.2, 0.25) is 0 Å². The van der Waals surface area contributed by atoms with Crippen LogP contribution in [0.25, 0.3) is 16.2 Å². The first kappa shape index (κ1) is 17.8. The molecule has 0 radical (unpaired) electrons. The third-order valence-electron chi connectivity index (χ3n) is 3.76. The van der Waals surface area contributed by atoms with Gasteiger partial charge in [-0.1, -0.05) is 0 Å². The summed E-state index contributed by atoms with van der Waals surface area (Å²) in [4.78, 5) is 17.7. The molecule has 3 rings (SSSR count). The molecule has 0 fully saturated rings. The number of nitrogens with two attached hydrogens (primary N) is 2. The maximum absolute atomic E-state index is 13.2. The standard InChI is InChI=1S/C16H15F2N5O2S/c1-8-2-3-13(26-8)12-6-21-15-10(23(20)11(5-19)14(17)18)4-9(16(24)25)7-22(12)15/h2-7,14H,19-20H2,1H3,(H,24,25)/b11-5-. The smallest absolute Gasteiger partial charge is 0.337 e. The summed E-state index contributed by atoms with van der Waals surface area (Å²) in [5.74, 6) is 4.58. The van der Waals surface area contributed by atoms with E-state index in [4.69, 9.17) is 11.6 Å². The van der Waals surface area contributed by atoms with Gasteiger partial charge in [-0.2, -0.15) is 0 Å². The Morgan fingerprint density at radius 1 is 1.46 bits per heavy atom. The number of aryl methyl sites for hydroxylation is 1. The van der Waals surface area contributed by atoms with Gasteiger partial charge in [-0.3, -0.25) is 9.41 Å². The molecule has 10 heteroatoms. The molecule has 0 saturated heterocycles. The third kappa shape index (κ3) is 3.00. The molecule has 136 valence electrons. The summed E-state index contributed by atoms with van der Waals surface area (Å²) in [7, 11) is 0. The summed E-state index contributed by atoms with van der Waals surface area (Å²) in [6.45, 7) is 1.94. The van der Waals surface area contributed by atoms with Gasteiger partial charge in [0.05, 0.1) is 22.3 Å². The van der Waals surface area contributed by atoms with Crippen LogP contribution in [0, 0.1) is 6.92 Å². The number of imidazole rings is 1. The molecular formula is C16H15F2N5O2S. The number of halogens is 2. The number of hydrazine groups is 1. The molecule has 0 amide bonds. The number of allylic oxidation sites excluding steroid dienone is 1. The zero-order valence-corrected chi connectivity index (χ0v) is 14.4. The molecule has 0 bridgehead atoms. The number of fused-ring (bicyclic) bond motifs is 1. The Morgan fingerprint density at radius 2 is 2.19 bits per heavy atom. The van der Waals surface area contributed by atoms with Gasteiger partial charge in [0.15, 0.2) is 5.65 Å². The zero-order chi connectivity index (χ0) is 19.0. The van der Waals surface area contributed by atoms with E-state index in [-0.39, 0.29) is 16.9 Å². The number of hydrogen-bond acceptors (Lipinski definition) is 6. The normalized spacial score (nSPS) is 12.1. The number of carbonyl (C=O) groups is 1. The summed E-state index contributed by atoms with van der Waals surface area (Å²) in [5.41, 5.74) is 5.33. The number of carboxylic acids is 1. The third-order valence-corrected chi connectivity index (χ3v) is 4.78. The number of alkyl halides is 2. The van der Waals surface area contributed by atoms with E-state index >= 15 is 0 Å². The van der Waals surface area contributed by atoms with Gasteiger partial charge in [-0.05, 0) is 25.1 Å². The van der Waals surface area contributed by atoms with Crippen molar-refractivity contribution in [2.45, 2.75) is 13.3 Å². The predicted octanol–water partition coefficient (Wildman–Crippen LogP) is 2.81. The lowest BCUT2D eigenvalue weighted by molar-refractivity contribution is 0.0696. The molecule has 5 N–H and O–H groups in total. The number of pyridine rings is 1. The minimum absolute atomic E-state index is 0.00132. The van der Waals surface area contributed by atoms with Crippen LogP contribution in [0.1, 0.15) is 15.2 Å². The average Bonchev–Trinajstić information content (AvgIpc) is 3.19. The molecule has 0 aromatic carbocycles. The number of hydrogen-bond donors (Lipinski definition) is 3. The molecule has 0 saturated carbocycles. The number of aromatic nitrogens is 2. The first-order valence-corrected chi connectivity index (χ1v) is 8.21. The van der Waals surface area contributed by atoms with Crippen molar-refractivity contribution in [1.82, 2.24) is 9.38 Å². The number of thiophene rings is 1. The van der Waals surface area contributed by atoms with Gasteiger partial charge in [-0.15, -0.1) is 11.3 Å². The van der Waals surface area contributed by atoms with Crippen LogP contribution in [0.15, 0.2) is 42.5 Å². The minimum Gasteiger partial charge on any atom is -0.478 e. The number of anilines is 1. The molecule has 0 aliphatic carbocycles. The number of aromatic carboxylic acids is 1. The quantitative estimate of drug-likeness (QED) is 0.464. The molecule has 0 aliphatic rings. The molecule has 7 nitrogen and oxygen atoms in total. The van der Waals surface area contributed by atoms with Crippen LogP contribution in [0.3, 0.4) is 0 Å². The maximum Gasteiger partial charge on any atom is 0.337 e. The Labute approximate surface area is 150 Å². The minimum atomic E-state index is -2.94. The monoisotopic (exact) mass is 379 g/mol. The largest absolute Gasteiger partial charge is 0.478 e. The van der Waals surface area contributed by atoms with Crippen molar-refractivity contribution in [3.8, 4) is 10.6 Å². The summed E-state index contributed by atoms with van der Waals surface area (Å²) in [6, 6.07) is 4.98. The van der Waals surface area contributed by atoms with E-state index in [1.165, 1.54) is 34.2 Å². The molecule has 3 aromatic rings. The Kier molecular flexibility index (Phi) is 4.62. The van der Waals surface area contributed by atoms with Crippen LogP contribution < -0.4 is 16.6 Å². The van der Waals surface area contributed by atoms with Crippen LogP contribution in [0.5, 0.6) is 0 Å². The Bertz CT molecular complexity index is 1010. The average molecular weight is 379 g/mol. The summed E-state index contributed by atoms with van der Waals surface area (Å²) >= 11 is 1.50. The number of nitrogens with zero attached hydrogens (tertiary/aromatic N) is 3. The fourth-order valence-electron chi connectivity index (χ4n) is 2.52. The van der Waals surface area contributed by atoms with Crippen molar-refractivity contribution < 1.29 is 18.7 Å². The second kappa shape index (κ2) is 6.73. The first-order chi connectivity index (χ1) is 12.3. The summed E-state index contributed by atoms with van der Waals surface area (Å²) in [5, 5.41) is 10.0. The van der Waals surface area contributed by atoms with Crippen molar-refractivity contribution in [2.75, 3.05) is 5.01 Å². The van der Waals surface area contributed by atoms with E-state index in [1.807, 2.05) is 19.1 Å². The lowest BCUT2D eigenvalue weighted by atomic mass is 10.2. The second-order valence-corrected chi connectivity index (χ2v) is 6.72. The molecule has 26 heavy (non-hydrogen) atoms. The Hall–Kier alpha value is -2.98. The molecular weight excluding hydrogens is 364 g/mol. The van der Waals surface area contributed by atoms with E-state index in [9.17, 15) is 18.7 Å². The molecule has 0 aliphatic heterocycles. The van der Waals surface area contributed by atoms with Gasteiger partial charge in [0.1, 0.15) is 11.4 Å². The molecule has 0 unspecified atom stereocenters. The van der Waals surface area contributed by atoms with Gasteiger partial charge < -0.3 is 10.8 Å². The Balaban J connectivity index is 2.26. The molecule has 0 atom stereocenters. The van der Waals surface area contributed by atoms with Gasteiger partial charge in [-0.25, -0.2) is 24.4 Å². The van der Waals surface area contributed by atoms with Crippen LogP contribution in [0.2, 0.25) is 0 Å². The van der Waals surface area contributed by atoms with E-state index in [1.54, 1.807) is 0 Å². The van der Waals surface area contributed by atoms with Crippen molar-refractivity contribution >= 4 is 28.6 Å². The second-order valence-electron chi connectivity index (χ2n) is 5.43. The zero-order valence-electron chi connectivity index (χ0n) is 13.6. The van der Waals surface area contributed by atoms with Crippen molar-refractivity contribution in [2.24, 2.45) is 11.6 Å². The van der Waals surface area contributed by atoms with Crippen molar-refractivity contribution in [1.29, 1.82) is 0 Å². The van der Waals surface area contributed by atoms with Gasteiger partial charge in [0, 0.05) is 17.3 Å². The molecule has 3 aromatic heterocycles. The summed E-state index contributed by atoms with van der Waals surface area (Å²) < 4.78 is 27.8. The first-order valence-electron chi connectivity index (χ1n) is 7.39. The summed E-state index contributed by atoms with van der Waals surface area (Å²) in [6.07, 6.45) is 0.660. The van der Waals surface area contributed by atoms with Crippen LogP contribution in [-0.4, -0.2) is 26.9 Å². The van der Waals surface area contributed by atoms with E-state index in [2.05, 4.69) is 4.98 Å². The highest BCUT2D eigenvalue weighted by atomic mass is 32.1. The van der Waals surface area contributed by atoms with Gasteiger partial charge in [0.25, 0.3) is 6.43 Å². The lowest BCUT2D eigenvalue weighted by Gasteiger charge is -2.22. The highest BCUT2D eigenvalue weighted by Gasteiger charge is 2.23. The van der Waals surface area contributed by atoms with Crippen molar-refractivity contribution in [3.05, 3.63) is 52.9 Å². The number of carboxylic acid groups (broad SMARTS) is 1. The molecule has 3 heterocycles. The topological polar surface area (TPSA) is 110 Å².